The number of fused-ring (bicyclic) bond motifs is 2. The third-order valence-electron chi connectivity index (χ3n) is 7.45. The average molecular weight is 441 g/mol. The van der Waals surface area contributed by atoms with E-state index in [2.05, 4.69) is 54.3 Å². The number of likely N-dealkylation sites (tertiary alicyclic amines) is 1. The van der Waals surface area contributed by atoms with Crippen LogP contribution < -0.4 is 4.90 Å². The van der Waals surface area contributed by atoms with Crippen molar-refractivity contribution in [2.45, 2.75) is 58.0 Å². The first-order valence-electron chi connectivity index (χ1n) is 12.2. The third kappa shape index (κ3) is 4.08. The summed E-state index contributed by atoms with van der Waals surface area (Å²) in [7, 11) is 0. The largest absolute Gasteiger partial charge is 0.308 e. The maximum absolute atomic E-state index is 13.4. The second kappa shape index (κ2) is 9.11. The van der Waals surface area contributed by atoms with Gasteiger partial charge in [-0.3, -0.25) is 14.5 Å². The quantitative estimate of drug-likeness (QED) is 0.500. The van der Waals surface area contributed by atoms with Crippen molar-refractivity contribution in [1.82, 2.24) is 4.90 Å². The summed E-state index contributed by atoms with van der Waals surface area (Å²) in [6, 6.07) is 21.3. The standard InChI is InChI=1S/C29H32N2O2/c1-3-24(32)18-26-25-12-4-5-13-27(25)31(29(26)33)23-14-16-30(17-15-23)19-22-11-7-10-21-9-6-8-20(2)28(21)22/h4-13,23,26H,3,14-19H2,1-2H3. The van der Waals surface area contributed by atoms with Gasteiger partial charge in [0.2, 0.25) is 5.91 Å². The molecule has 170 valence electrons. The Morgan fingerprint density at radius 1 is 0.970 bits per heavy atom. The van der Waals surface area contributed by atoms with Gasteiger partial charge < -0.3 is 4.90 Å². The van der Waals surface area contributed by atoms with Crippen molar-refractivity contribution >= 4 is 28.2 Å². The summed E-state index contributed by atoms with van der Waals surface area (Å²) in [5, 5.41) is 2.67. The lowest BCUT2D eigenvalue weighted by molar-refractivity contribution is -0.125. The number of anilines is 1. The van der Waals surface area contributed by atoms with Crippen LogP contribution in [0.3, 0.4) is 0 Å². The number of aryl methyl sites for hydroxylation is 1. The number of piperidine rings is 1. The number of rotatable bonds is 6. The van der Waals surface area contributed by atoms with Crippen molar-refractivity contribution < 1.29 is 9.59 Å². The number of amides is 1. The number of carbonyl (C=O) groups is 2. The van der Waals surface area contributed by atoms with E-state index < -0.39 is 0 Å². The van der Waals surface area contributed by atoms with Gasteiger partial charge in [-0.1, -0.05) is 61.5 Å². The van der Waals surface area contributed by atoms with Gasteiger partial charge in [-0.25, -0.2) is 0 Å². The van der Waals surface area contributed by atoms with Crippen LogP contribution in [0.5, 0.6) is 0 Å². The fourth-order valence-corrected chi connectivity index (χ4v) is 5.69. The number of hydrogen-bond donors (Lipinski definition) is 0. The van der Waals surface area contributed by atoms with Gasteiger partial charge in [-0.15, -0.1) is 0 Å². The normalized spacial score (nSPS) is 19.3. The first-order chi connectivity index (χ1) is 16.1. The molecule has 33 heavy (non-hydrogen) atoms. The number of Topliss-reactive ketones (excluding diaryl/α,β-unsaturated/α-hetero) is 1. The summed E-state index contributed by atoms with van der Waals surface area (Å²) in [5.74, 6) is -0.0448. The highest BCUT2D eigenvalue weighted by atomic mass is 16.2. The Kier molecular flexibility index (Phi) is 6.03. The number of nitrogens with zero attached hydrogens (tertiary/aromatic N) is 2. The van der Waals surface area contributed by atoms with Gasteiger partial charge in [0.1, 0.15) is 5.78 Å². The molecule has 0 bridgehead atoms. The van der Waals surface area contributed by atoms with Crippen LogP contribution in [0.2, 0.25) is 0 Å². The molecule has 0 N–H and O–H groups in total. The molecule has 2 aliphatic heterocycles. The molecule has 0 radical (unpaired) electrons. The summed E-state index contributed by atoms with van der Waals surface area (Å²) in [5.41, 5.74) is 4.74. The van der Waals surface area contributed by atoms with Crippen LogP contribution in [0.1, 0.15) is 55.2 Å². The number of hydrogen-bond acceptors (Lipinski definition) is 3. The van der Waals surface area contributed by atoms with E-state index in [1.807, 2.05) is 30.0 Å². The molecular weight excluding hydrogens is 408 g/mol. The maximum Gasteiger partial charge on any atom is 0.235 e. The molecule has 2 aliphatic rings. The zero-order valence-corrected chi connectivity index (χ0v) is 19.6. The van der Waals surface area contributed by atoms with Gasteiger partial charge in [0.15, 0.2) is 0 Å². The second-order valence-electron chi connectivity index (χ2n) is 9.51. The monoisotopic (exact) mass is 440 g/mol. The van der Waals surface area contributed by atoms with E-state index in [9.17, 15) is 9.59 Å². The summed E-state index contributed by atoms with van der Waals surface area (Å²) in [4.78, 5) is 30.1. The van der Waals surface area contributed by atoms with E-state index in [0.29, 0.717) is 12.8 Å². The van der Waals surface area contributed by atoms with Crippen LogP contribution in [0, 0.1) is 6.92 Å². The molecular formula is C29H32N2O2. The average Bonchev–Trinajstić information content (AvgIpc) is 3.11. The molecule has 1 fully saturated rings. The minimum Gasteiger partial charge on any atom is -0.308 e. The number of benzene rings is 3. The first kappa shape index (κ1) is 21.8. The summed E-state index contributed by atoms with van der Waals surface area (Å²) in [6.07, 6.45) is 2.72. The van der Waals surface area contributed by atoms with Gasteiger partial charge in [-0.2, -0.15) is 0 Å². The van der Waals surface area contributed by atoms with Gasteiger partial charge in [-0.05, 0) is 53.3 Å². The predicted octanol–water partition coefficient (Wildman–Crippen LogP) is 5.61. The molecule has 3 aromatic carbocycles. The van der Waals surface area contributed by atoms with Gasteiger partial charge in [0, 0.05) is 44.2 Å². The first-order valence-corrected chi connectivity index (χ1v) is 12.2. The lowest BCUT2D eigenvalue weighted by Crippen LogP contribution is -2.46. The highest BCUT2D eigenvalue weighted by Gasteiger charge is 2.41. The van der Waals surface area contributed by atoms with Gasteiger partial charge in [0.25, 0.3) is 0 Å². The minimum absolute atomic E-state index is 0.112. The predicted molar refractivity (Wildman–Crippen MR) is 134 cm³/mol. The van der Waals surface area contributed by atoms with Crippen LogP contribution in [0.15, 0.2) is 60.7 Å². The molecule has 0 spiro atoms. The summed E-state index contributed by atoms with van der Waals surface area (Å²) < 4.78 is 0. The summed E-state index contributed by atoms with van der Waals surface area (Å²) >= 11 is 0. The third-order valence-corrected chi connectivity index (χ3v) is 7.45. The van der Waals surface area contributed by atoms with Crippen LogP contribution in [-0.4, -0.2) is 35.7 Å². The Bertz CT molecular complexity index is 1190. The molecule has 5 rings (SSSR count). The molecule has 0 aliphatic carbocycles. The van der Waals surface area contributed by atoms with Crippen molar-refractivity contribution in [2.24, 2.45) is 0 Å². The number of carbonyl (C=O) groups excluding carboxylic acids is 2. The van der Waals surface area contributed by atoms with Crippen LogP contribution in [-0.2, 0) is 16.1 Å². The smallest absolute Gasteiger partial charge is 0.235 e. The Hall–Kier alpha value is -2.98. The molecule has 0 saturated carbocycles. The van der Waals surface area contributed by atoms with E-state index >= 15 is 0 Å². The fourth-order valence-electron chi connectivity index (χ4n) is 5.69. The Morgan fingerprint density at radius 3 is 2.45 bits per heavy atom. The van der Waals surface area contributed by atoms with Crippen molar-refractivity contribution in [3.8, 4) is 0 Å². The molecule has 1 atom stereocenters. The highest BCUT2D eigenvalue weighted by Crippen LogP contribution is 2.42. The fraction of sp³-hybridized carbons (Fsp3) is 0.379. The second-order valence-corrected chi connectivity index (χ2v) is 9.51. The van der Waals surface area contributed by atoms with E-state index in [1.165, 1.54) is 21.9 Å². The van der Waals surface area contributed by atoms with Crippen LogP contribution in [0.4, 0.5) is 5.69 Å². The number of ketones is 1. The molecule has 3 aromatic rings. The van der Waals surface area contributed by atoms with E-state index in [1.54, 1.807) is 0 Å². The topological polar surface area (TPSA) is 40.6 Å². The van der Waals surface area contributed by atoms with Crippen molar-refractivity contribution in [1.29, 1.82) is 0 Å². The van der Waals surface area contributed by atoms with Crippen molar-refractivity contribution in [3.63, 3.8) is 0 Å². The zero-order valence-electron chi connectivity index (χ0n) is 19.6. The van der Waals surface area contributed by atoms with Crippen molar-refractivity contribution in [3.05, 3.63) is 77.4 Å². The molecule has 0 aromatic heterocycles. The van der Waals surface area contributed by atoms with Gasteiger partial charge >= 0.3 is 0 Å². The molecule has 1 amide bonds. The van der Waals surface area contributed by atoms with Gasteiger partial charge in [0.05, 0.1) is 5.92 Å². The van der Waals surface area contributed by atoms with Crippen molar-refractivity contribution in [2.75, 3.05) is 18.0 Å². The molecule has 2 heterocycles. The SMILES string of the molecule is CCC(=O)CC1C(=O)N(C2CCN(Cc3cccc4cccc(C)c34)CC2)c2ccccc21. The van der Waals surface area contributed by atoms with E-state index in [0.717, 1.165) is 43.7 Å². The molecule has 1 unspecified atom stereocenters. The highest BCUT2D eigenvalue weighted by molar-refractivity contribution is 6.07. The van der Waals surface area contributed by atoms with Crippen LogP contribution in [0.25, 0.3) is 10.8 Å². The maximum atomic E-state index is 13.4. The lowest BCUT2D eigenvalue weighted by Gasteiger charge is -2.37. The van der Waals surface area contributed by atoms with E-state index in [4.69, 9.17) is 0 Å². The lowest BCUT2D eigenvalue weighted by atomic mass is 9.94. The van der Waals surface area contributed by atoms with Crippen LogP contribution >= 0.6 is 0 Å². The Labute approximate surface area is 196 Å². The Morgan fingerprint density at radius 2 is 1.70 bits per heavy atom. The molecule has 4 nitrogen and oxygen atoms in total. The zero-order chi connectivity index (χ0) is 22.9. The Balaban J connectivity index is 1.31. The molecule has 4 heteroatoms. The summed E-state index contributed by atoms with van der Waals surface area (Å²) in [6.45, 7) is 6.94. The van der Waals surface area contributed by atoms with E-state index in [-0.39, 0.29) is 23.7 Å². The minimum atomic E-state index is -0.315. The number of para-hydroxylation sites is 1. The molecule has 1 saturated heterocycles.